The molecule has 0 unspecified atom stereocenters. The minimum absolute atomic E-state index is 0.0158. The lowest BCUT2D eigenvalue weighted by Crippen LogP contribution is -2.35. The van der Waals surface area contributed by atoms with E-state index in [1.54, 1.807) is 6.92 Å². The number of nitrogens with zero attached hydrogens (tertiary/aromatic N) is 4. The Labute approximate surface area is 167 Å². The summed E-state index contributed by atoms with van der Waals surface area (Å²) in [4.78, 5) is 19.3. The Kier molecular flexibility index (Phi) is 4.20. The summed E-state index contributed by atoms with van der Waals surface area (Å²) in [5.41, 5.74) is 5.52. The number of aromatic amines is 1. The molecule has 1 aliphatic rings. The minimum atomic E-state index is -0.0158. The first-order valence-corrected chi connectivity index (χ1v) is 9.50. The number of hydrogen-bond acceptors (Lipinski definition) is 5. The van der Waals surface area contributed by atoms with E-state index in [1.165, 1.54) is 0 Å². The maximum absolute atomic E-state index is 13.2. The molecule has 5 rings (SSSR count). The molecule has 0 radical (unpaired) electrons. The Morgan fingerprint density at radius 1 is 1.10 bits per heavy atom. The van der Waals surface area contributed by atoms with Crippen molar-refractivity contribution >= 4 is 5.91 Å². The lowest BCUT2D eigenvalue weighted by molar-refractivity contribution is 0.0734. The van der Waals surface area contributed by atoms with Crippen molar-refractivity contribution < 1.29 is 9.32 Å². The third-order valence-corrected chi connectivity index (χ3v) is 5.16. The summed E-state index contributed by atoms with van der Waals surface area (Å²) in [6.45, 7) is 2.92. The summed E-state index contributed by atoms with van der Waals surface area (Å²) in [5, 5.41) is 11.6. The van der Waals surface area contributed by atoms with E-state index in [0.29, 0.717) is 30.4 Å². The van der Waals surface area contributed by atoms with Crippen molar-refractivity contribution in [2.75, 3.05) is 6.54 Å². The lowest BCUT2D eigenvalue weighted by atomic mass is 10.00. The number of hydrogen-bond donors (Lipinski definition) is 1. The first-order chi connectivity index (χ1) is 14.2. The molecule has 0 bridgehead atoms. The van der Waals surface area contributed by atoms with Crippen LogP contribution in [0.25, 0.3) is 22.6 Å². The number of aromatic nitrogens is 4. The zero-order valence-electron chi connectivity index (χ0n) is 15.9. The molecule has 1 N–H and O–H groups in total. The van der Waals surface area contributed by atoms with Crippen LogP contribution in [0.3, 0.4) is 0 Å². The predicted molar refractivity (Wildman–Crippen MR) is 107 cm³/mol. The topological polar surface area (TPSA) is 87.9 Å². The van der Waals surface area contributed by atoms with Gasteiger partial charge in [0.15, 0.2) is 0 Å². The number of fused-ring (bicyclic) bond motifs is 1. The highest BCUT2D eigenvalue weighted by Gasteiger charge is 2.26. The molecule has 1 amide bonds. The SMILES string of the molecule is Cc1nc(-c2cccc(C(=O)N3CCc4[nH]nc(-c5ccccc5)c4C3)c2)no1. The number of amides is 1. The molecule has 0 spiro atoms. The van der Waals surface area contributed by atoms with Gasteiger partial charge in [-0.15, -0.1) is 0 Å². The monoisotopic (exact) mass is 385 g/mol. The quantitative estimate of drug-likeness (QED) is 0.582. The van der Waals surface area contributed by atoms with E-state index in [1.807, 2.05) is 59.5 Å². The van der Waals surface area contributed by atoms with E-state index in [2.05, 4.69) is 20.3 Å². The van der Waals surface area contributed by atoms with Crippen molar-refractivity contribution in [3.63, 3.8) is 0 Å². The summed E-state index contributed by atoms with van der Waals surface area (Å²) >= 11 is 0. The van der Waals surface area contributed by atoms with Crippen LogP contribution in [0.4, 0.5) is 0 Å². The van der Waals surface area contributed by atoms with Gasteiger partial charge in [0, 0.05) is 54.4 Å². The second kappa shape index (κ2) is 7.01. The van der Waals surface area contributed by atoms with Gasteiger partial charge in [-0.1, -0.05) is 47.6 Å². The van der Waals surface area contributed by atoms with Crippen LogP contribution >= 0.6 is 0 Å². The molecule has 1 aliphatic heterocycles. The average Bonchev–Trinajstić information content (AvgIpc) is 3.40. The maximum atomic E-state index is 13.2. The molecular formula is C22H19N5O2. The van der Waals surface area contributed by atoms with Crippen LogP contribution in [0.2, 0.25) is 0 Å². The molecule has 144 valence electrons. The van der Waals surface area contributed by atoms with Gasteiger partial charge in [0.25, 0.3) is 5.91 Å². The third-order valence-electron chi connectivity index (χ3n) is 5.16. The number of H-pyrrole nitrogens is 1. The average molecular weight is 385 g/mol. The van der Waals surface area contributed by atoms with Crippen LogP contribution in [0.1, 0.15) is 27.5 Å². The summed E-state index contributed by atoms with van der Waals surface area (Å²) in [7, 11) is 0. The van der Waals surface area contributed by atoms with E-state index < -0.39 is 0 Å². The van der Waals surface area contributed by atoms with Crippen molar-refractivity contribution in [3.05, 3.63) is 77.3 Å². The molecule has 0 atom stereocenters. The Balaban J connectivity index is 1.42. The zero-order valence-corrected chi connectivity index (χ0v) is 15.9. The van der Waals surface area contributed by atoms with Gasteiger partial charge < -0.3 is 9.42 Å². The fraction of sp³-hybridized carbons (Fsp3) is 0.182. The lowest BCUT2D eigenvalue weighted by Gasteiger charge is -2.27. The second-order valence-corrected chi connectivity index (χ2v) is 7.09. The number of carbonyl (C=O) groups is 1. The van der Waals surface area contributed by atoms with E-state index in [9.17, 15) is 4.79 Å². The van der Waals surface area contributed by atoms with Crippen molar-refractivity contribution in [1.29, 1.82) is 0 Å². The summed E-state index contributed by atoms with van der Waals surface area (Å²) in [6, 6.07) is 17.4. The highest BCUT2D eigenvalue weighted by Crippen LogP contribution is 2.29. The Bertz CT molecular complexity index is 1180. The first-order valence-electron chi connectivity index (χ1n) is 9.50. The molecule has 4 aromatic rings. The molecule has 7 nitrogen and oxygen atoms in total. The van der Waals surface area contributed by atoms with E-state index >= 15 is 0 Å². The number of carbonyl (C=O) groups excluding carboxylic acids is 1. The van der Waals surface area contributed by atoms with Crippen LogP contribution in [0, 0.1) is 6.92 Å². The largest absolute Gasteiger partial charge is 0.339 e. The van der Waals surface area contributed by atoms with Gasteiger partial charge in [-0.3, -0.25) is 9.89 Å². The van der Waals surface area contributed by atoms with Gasteiger partial charge >= 0.3 is 0 Å². The van der Waals surface area contributed by atoms with E-state index in [-0.39, 0.29) is 5.91 Å². The van der Waals surface area contributed by atoms with Gasteiger partial charge in [-0.2, -0.15) is 10.1 Å². The summed E-state index contributed by atoms with van der Waals surface area (Å²) < 4.78 is 5.05. The van der Waals surface area contributed by atoms with Gasteiger partial charge in [0.1, 0.15) is 0 Å². The molecular weight excluding hydrogens is 366 g/mol. The van der Waals surface area contributed by atoms with Crippen molar-refractivity contribution in [2.24, 2.45) is 0 Å². The second-order valence-electron chi connectivity index (χ2n) is 7.09. The van der Waals surface area contributed by atoms with Gasteiger partial charge in [0.05, 0.1) is 5.69 Å². The zero-order chi connectivity index (χ0) is 19.8. The van der Waals surface area contributed by atoms with Gasteiger partial charge in [-0.05, 0) is 12.1 Å². The van der Waals surface area contributed by atoms with Crippen molar-refractivity contribution in [2.45, 2.75) is 19.9 Å². The number of nitrogens with one attached hydrogen (secondary N) is 1. The Morgan fingerprint density at radius 2 is 1.93 bits per heavy atom. The summed E-state index contributed by atoms with van der Waals surface area (Å²) in [5.74, 6) is 0.964. The number of aryl methyl sites for hydroxylation is 1. The van der Waals surface area contributed by atoms with Crippen LogP contribution in [-0.4, -0.2) is 37.7 Å². The smallest absolute Gasteiger partial charge is 0.254 e. The normalized spacial score (nSPS) is 13.3. The fourth-order valence-electron chi connectivity index (χ4n) is 3.69. The fourth-order valence-corrected chi connectivity index (χ4v) is 3.69. The molecule has 2 aromatic heterocycles. The van der Waals surface area contributed by atoms with Crippen LogP contribution in [0.5, 0.6) is 0 Å². The van der Waals surface area contributed by atoms with Crippen LogP contribution in [0.15, 0.2) is 59.1 Å². The molecule has 0 saturated carbocycles. The van der Waals surface area contributed by atoms with Crippen molar-refractivity contribution in [3.8, 4) is 22.6 Å². The molecule has 0 saturated heterocycles. The van der Waals surface area contributed by atoms with Crippen LogP contribution < -0.4 is 0 Å². The predicted octanol–water partition coefficient (Wildman–Crippen LogP) is 3.63. The molecule has 3 heterocycles. The minimum Gasteiger partial charge on any atom is -0.339 e. The van der Waals surface area contributed by atoms with Gasteiger partial charge in [-0.25, -0.2) is 0 Å². The Hall–Kier alpha value is -3.74. The summed E-state index contributed by atoms with van der Waals surface area (Å²) in [6.07, 6.45) is 0.755. The molecule has 7 heteroatoms. The Morgan fingerprint density at radius 3 is 2.72 bits per heavy atom. The van der Waals surface area contributed by atoms with Crippen LogP contribution in [-0.2, 0) is 13.0 Å². The number of benzene rings is 2. The van der Waals surface area contributed by atoms with E-state index in [0.717, 1.165) is 34.5 Å². The van der Waals surface area contributed by atoms with Gasteiger partial charge in [0.2, 0.25) is 11.7 Å². The molecule has 0 fully saturated rings. The van der Waals surface area contributed by atoms with E-state index in [4.69, 9.17) is 4.52 Å². The number of rotatable bonds is 3. The molecule has 0 aliphatic carbocycles. The highest BCUT2D eigenvalue weighted by atomic mass is 16.5. The third kappa shape index (κ3) is 3.20. The first kappa shape index (κ1) is 17.4. The molecule has 29 heavy (non-hydrogen) atoms. The highest BCUT2D eigenvalue weighted by molar-refractivity contribution is 5.95. The van der Waals surface area contributed by atoms with Crippen molar-refractivity contribution in [1.82, 2.24) is 25.2 Å². The molecule has 2 aromatic carbocycles. The standard InChI is InChI=1S/C22H19N5O2/c1-14-23-21(26-29-14)16-8-5-9-17(12-16)22(28)27-11-10-19-18(13-27)20(25-24-19)15-6-3-2-4-7-15/h2-9,12H,10-11,13H2,1H3,(H,24,25). The maximum Gasteiger partial charge on any atom is 0.254 e.